The molecule has 8 nitrogen and oxygen atoms in total. The number of ether oxygens (including phenoxy) is 1. The lowest BCUT2D eigenvalue weighted by molar-refractivity contribution is -0.0794. The highest BCUT2D eigenvalue weighted by atomic mass is 19.3. The number of anilines is 1. The summed E-state index contributed by atoms with van der Waals surface area (Å²) < 4.78 is 62.1. The molecule has 0 radical (unpaired) electrons. The number of fused-ring (bicyclic) bond motifs is 1. The first-order valence-corrected chi connectivity index (χ1v) is 11.4. The number of methoxy groups -OCH3 is 1. The summed E-state index contributed by atoms with van der Waals surface area (Å²) in [4.78, 5) is 21.5. The number of benzene rings is 2. The lowest BCUT2D eigenvalue weighted by Gasteiger charge is -2.35. The number of carbonyl (C=O) groups is 1. The van der Waals surface area contributed by atoms with E-state index >= 15 is 0 Å². The molecular formula is C25H22F4N6O2. The van der Waals surface area contributed by atoms with E-state index in [4.69, 9.17) is 4.74 Å². The number of rotatable bonds is 7. The average molecular weight is 514 g/mol. The van der Waals surface area contributed by atoms with Gasteiger partial charge >= 0.3 is 0 Å². The summed E-state index contributed by atoms with van der Waals surface area (Å²) in [5, 5.41) is 9.80. The molecule has 0 spiro atoms. The Morgan fingerprint density at radius 1 is 1.14 bits per heavy atom. The number of aryl methyl sites for hydroxylation is 1. The number of carbonyl (C=O) groups excluding carboxylic acids is 1. The van der Waals surface area contributed by atoms with Crippen molar-refractivity contribution in [1.29, 1.82) is 0 Å². The zero-order valence-electron chi connectivity index (χ0n) is 19.8. The van der Waals surface area contributed by atoms with Crippen LogP contribution in [0.4, 0.5) is 23.5 Å². The lowest BCUT2D eigenvalue weighted by Crippen LogP contribution is -2.44. The van der Waals surface area contributed by atoms with E-state index in [9.17, 15) is 22.4 Å². The van der Waals surface area contributed by atoms with E-state index in [1.54, 1.807) is 19.3 Å². The monoisotopic (exact) mass is 514 g/mol. The van der Waals surface area contributed by atoms with Crippen LogP contribution in [0.5, 0.6) is 5.75 Å². The molecule has 0 unspecified atom stereocenters. The first-order valence-electron chi connectivity index (χ1n) is 11.4. The highest BCUT2D eigenvalue weighted by molar-refractivity contribution is 5.98. The Morgan fingerprint density at radius 3 is 2.57 bits per heavy atom. The van der Waals surface area contributed by atoms with Crippen molar-refractivity contribution < 1.29 is 27.1 Å². The van der Waals surface area contributed by atoms with Gasteiger partial charge in [0, 0.05) is 49.5 Å². The van der Waals surface area contributed by atoms with Gasteiger partial charge in [-0.05, 0) is 29.8 Å². The first-order chi connectivity index (χ1) is 17.6. The fourth-order valence-electron chi connectivity index (χ4n) is 4.26. The summed E-state index contributed by atoms with van der Waals surface area (Å²) >= 11 is 0. The SMILES string of the molecule is COc1ccc([C@H](NC(=O)c2cc(F)c3cnc(NC4CC(F)(F)C4)nc3c2)c2cnn(C)c2)cc1F. The van der Waals surface area contributed by atoms with Gasteiger partial charge in [-0.15, -0.1) is 0 Å². The van der Waals surface area contributed by atoms with E-state index < -0.39 is 35.5 Å². The van der Waals surface area contributed by atoms with E-state index in [-0.39, 0.29) is 41.0 Å². The van der Waals surface area contributed by atoms with Gasteiger partial charge in [-0.25, -0.2) is 27.5 Å². The maximum atomic E-state index is 14.8. The molecule has 2 aromatic heterocycles. The predicted molar refractivity (Wildman–Crippen MR) is 127 cm³/mol. The summed E-state index contributed by atoms with van der Waals surface area (Å²) in [7, 11) is 3.05. The van der Waals surface area contributed by atoms with E-state index in [1.165, 1.54) is 42.4 Å². The molecule has 1 aliphatic rings. The minimum absolute atomic E-state index is 0.0345. The van der Waals surface area contributed by atoms with Crippen molar-refractivity contribution in [3.8, 4) is 5.75 Å². The van der Waals surface area contributed by atoms with Crippen LogP contribution in [0.1, 0.15) is 40.4 Å². The van der Waals surface area contributed by atoms with Crippen molar-refractivity contribution in [2.24, 2.45) is 7.05 Å². The van der Waals surface area contributed by atoms with Crippen LogP contribution in [-0.2, 0) is 7.05 Å². The van der Waals surface area contributed by atoms with Gasteiger partial charge in [0.1, 0.15) is 5.82 Å². The van der Waals surface area contributed by atoms with E-state index in [0.29, 0.717) is 11.1 Å². The topological polar surface area (TPSA) is 94.0 Å². The Morgan fingerprint density at radius 2 is 1.92 bits per heavy atom. The summed E-state index contributed by atoms with van der Waals surface area (Å²) in [5.74, 6) is -4.58. The summed E-state index contributed by atoms with van der Waals surface area (Å²) in [6.07, 6.45) is 3.75. The maximum Gasteiger partial charge on any atom is 0.252 e. The van der Waals surface area contributed by atoms with Gasteiger partial charge in [-0.1, -0.05) is 6.07 Å². The van der Waals surface area contributed by atoms with Crippen molar-refractivity contribution in [3.05, 3.63) is 77.2 Å². The second-order valence-corrected chi connectivity index (χ2v) is 8.94. The Labute approximate surface area is 208 Å². The normalized spacial score (nSPS) is 15.7. The van der Waals surface area contributed by atoms with E-state index in [0.717, 1.165) is 6.07 Å². The molecule has 1 amide bonds. The van der Waals surface area contributed by atoms with Gasteiger partial charge in [0.2, 0.25) is 5.95 Å². The molecule has 2 aromatic carbocycles. The number of alkyl halides is 2. The summed E-state index contributed by atoms with van der Waals surface area (Å²) in [6.45, 7) is 0. The van der Waals surface area contributed by atoms with E-state index in [2.05, 4.69) is 25.7 Å². The van der Waals surface area contributed by atoms with Crippen LogP contribution in [-0.4, -0.2) is 44.7 Å². The van der Waals surface area contributed by atoms with Crippen LogP contribution in [0.25, 0.3) is 10.9 Å². The molecule has 5 rings (SSSR count). The van der Waals surface area contributed by atoms with Crippen molar-refractivity contribution >= 4 is 22.8 Å². The largest absolute Gasteiger partial charge is 0.494 e. The van der Waals surface area contributed by atoms with Gasteiger partial charge in [-0.3, -0.25) is 9.48 Å². The van der Waals surface area contributed by atoms with Crippen molar-refractivity contribution in [1.82, 2.24) is 25.1 Å². The molecule has 1 fully saturated rings. The molecule has 1 saturated carbocycles. The van der Waals surface area contributed by atoms with Crippen LogP contribution >= 0.6 is 0 Å². The van der Waals surface area contributed by atoms with Crippen LogP contribution in [0.2, 0.25) is 0 Å². The number of aromatic nitrogens is 4. The predicted octanol–water partition coefficient (Wildman–Crippen LogP) is 4.38. The maximum absolute atomic E-state index is 14.8. The van der Waals surface area contributed by atoms with Crippen molar-refractivity contribution in [3.63, 3.8) is 0 Å². The van der Waals surface area contributed by atoms with Crippen LogP contribution in [0.15, 0.2) is 48.9 Å². The number of nitrogens with one attached hydrogen (secondary N) is 2. The van der Waals surface area contributed by atoms with Gasteiger partial charge in [0.05, 0.1) is 30.3 Å². The second-order valence-electron chi connectivity index (χ2n) is 8.94. The molecule has 0 aliphatic heterocycles. The van der Waals surface area contributed by atoms with Crippen LogP contribution in [0, 0.1) is 11.6 Å². The second kappa shape index (κ2) is 9.34. The van der Waals surface area contributed by atoms with Gasteiger partial charge in [0.15, 0.2) is 11.6 Å². The summed E-state index contributed by atoms with van der Waals surface area (Å²) in [6, 6.07) is 5.43. The number of nitrogens with zero attached hydrogens (tertiary/aromatic N) is 4. The number of hydrogen-bond donors (Lipinski definition) is 2. The number of hydrogen-bond acceptors (Lipinski definition) is 6. The highest BCUT2D eigenvalue weighted by Crippen LogP contribution is 2.38. The Bertz CT molecular complexity index is 1480. The molecule has 1 aliphatic carbocycles. The molecule has 2 N–H and O–H groups in total. The molecule has 1 atom stereocenters. The van der Waals surface area contributed by atoms with Gasteiger partial charge in [-0.2, -0.15) is 5.10 Å². The fraction of sp³-hybridized carbons (Fsp3) is 0.280. The lowest BCUT2D eigenvalue weighted by atomic mass is 9.88. The molecule has 0 saturated heterocycles. The molecule has 4 aromatic rings. The molecule has 0 bridgehead atoms. The fourth-order valence-corrected chi connectivity index (χ4v) is 4.26. The van der Waals surface area contributed by atoms with Crippen LogP contribution in [0.3, 0.4) is 0 Å². The quantitative estimate of drug-likeness (QED) is 0.356. The minimum atomic E-state index is -2.72. The zero-order chi connectivity index (χ0) is 26.3. The third-order valence-corrected chi connectivity index (χ3v) is 6.18. The van der Waals surface area contributed by atoms with Crippen molar-refractivity contribution in [2.75, 3.05) is 12.4 Å². The third kappa shape index (κ3) is 5.04. The van der Waals surface area contributed by atoms with Gasteiger partial charge in [0.25, 0.3) is 11.8 Å². The average Bonchev–Trinajstić information content (AvgIpc) is 3.26. The number of halogens is 4. The molecule has 12 heteroatoms. The standard InChI is InChI=1S/C25H22F4N6O2/c1-35-12-15(10-31-35)22(13-3-4-21(37-2)19(27)5-13)34-23(36)14-6-18(26)17-11-30-24(33-20(17)7-14)32-16-8-25(28,29)9-16/h3-7,10-12,16,22H,8-9H2,1-2H3,(H,34,36)(H,30,32,33)/t22-/m0/s1. The molecule has 192 valence electrons. The minimum Gasteiger partial charge on any atom is -0.494 e. The summed E-state index contributed by atoms with van der Waals surface area (Å²) in [5.41, 5.74) is 1.09. The smallest absolute Gasteiger partial charge is 0.252 e. The molecule has 37 heavy (non-hydrogen) atoms. The number of amides is 1. The molecular weight excluding hydrogens is 492 g/mol. The Balaban J connectivity index is 1.44. The first kappa shape index (κ1) is 24.5. The van der Waals surface area contributed by atoms with Gasteiger partial charge < -0.3 is 15.4 Å². The Kier molecular flexibility index (Phi) is 6.18. The van der Waals surface area contributed by atoms with Crippen LogP contribution < -0.4 is 15.4 Å². The zero-order valence-corrected chi connectivity index (χ0v) is 19.8. The van der Waals surface area contributed by atoms with E-state index in [1.807, 2.05) is 0 Å². The molecule has 2 heterocycles. The third-order valence-electron chi connectivity index (χ3n) is 6.18. The Hall–Kier alpha value is -4.22. The van der Waals surface area contributed by atoms with Crippen molar-refractivity contribution in [2.45, 2.75) is 30.8 Å². The highest BCUT2D eigenvalue weighted by Gasteiger charge is 2.45.